The maximum absolute atomic E-state index is 12.4. The van der Waals surface area contributed by atoms with Gasteiger partial charge in [0.2, 0.25) is 0 Å². The molecule has 0 radical (unpaired) electrons. The third-order valence-electron chi connectivity index (χ3n) is 2.39. The molecule has 18 heavy (non-hydrogen) atoms. The highest BCUT2D eigenvalue weighted by molar-refractivity contribution is 6.30. The molecule has 0 saturated heterocycles. The molecule has 0 aliphatic heterocycles. The lowest BCUT2D eigenvalue weighted by Crippen LogP contribution is -2.08. The van der Waals surface area contributed by atoms with E-state index < -0.39 is 17.3 Å². The second kappa shape index (κ2) is 4.49. The molecule has 0 aliphatic carbocycles. The molecule has 0 aliphatic rings. The fourth-order valence-corrected chi connectivity index (χ4v) is 1.67. The van der Waals surface area contributed by atoms with Crippen molar-refractivity contribution >= 4 is 11.6 Å². The summed E-state index contributed by atoms with van der Waals surface area (Å²) in [6, 6.07) is 5.74. The summed E-state index contributed by atoms with van der Waals surface area (Å²) < 4.78 is 37.1. The first-order chi connectivity index (χ1) is 8.38. The molecular formula is C12H7ClF3NO. The maximum Gasteiger partial charge on any atom is 0.416 e. The standard InChI is InChI=1S/C12H7ClF3NO/c13-9-5-10(11(18)17-6-9)7-1-3-8(4-2-7)12(14,15)16/h1-6H,(H,17,18). The molecule has 2 aromatic rings. The maximum atomic E-state index is 12.4. The first-order valence-corrected chi connectivity index (χ1v) is 5.31. The normalized spacial score (nSPS) is 11.6. The molecule has 1 aromatic heterocycles. The second-order valence-electron chi connectivity index (χ2n) is 3.64. The summed E-state index contributed by atoms with van der Waals surface area (Å²) in [7, 11) is 0. The van der Waals surface area contributed by atoms with E-state index in [-0.39, 0.29) is 5.56 Å². The Bertz CT molecular complexity index is 616. The number of aromatic nitrogens is 1. The van der Waals surface area contributed by atoms with Crippen LogP contribution in [0.25, 0.3) is 11.1 Å². The number of halogens is 4. The molecule has 94 valence electrons. The van der Waals surface area contributed by atoms with Gasteiger partial charge >= 0.3 is 6.18 Å². The molecule has 2 nitrogen and oxygen atoms in total. The summed E-state index contributed by atoms with van der Waals surface area (Å²) in [5, 5.41) is 0.310. The van der Waals surface area contributed by atoms with Crippen LogP contribution in [0.2, 0.25) is 5.02 Å². The topological polar surface area (TPSA) is 32.9 Å². The second-order valence-corrected chi connectivity index (χ2v) is 4.07. The molecule has 1 aromatic carbocycles. The van der Waals surface area contributed by atoms with Crippen LogP contribution in [0, 0.1) is 0 Å². The Morgan fingerprint density at radius 3 is 2.28 bits per heavy atom. The van der Waals surface area contributed by atoms with Gasteiger partial charge in [-0.1, -0.05) is 23.7 Å². The van der Waals surface area contributed by atoms with Crippen LogP contribution < -0.4 is 5.56 Å². The fourth-order valence-electron chi connectivity index (χ4n) is 1.51. The number of H-pyrrole nitrogens is 1. The lowest BCUT2D eigenvalue weighted by molar-refractivity contribution is -0.137. The van der Waals surface area contributed by atoms with Crippen LogP contribution in [-0.4, -0.2) is 4.98 Å². The van der Waals surface area contributed by atoms with Crippen LogP contribution in [0.15, 0.2) is 41.3 Å². The fraction of sp³-hybridized carbons (Fsp3) is 0.0833. The molecule has 0 atom stereocenters. The minimum absolute atomic E-state index is 0.233. The number of rotatable bonds is 1. The monoisotopic (exact) mass is 273 g/mol. The van der Waals surface area contributed by atoms with Crippen molar-refractivity contribution in [3.63, 3.8) is 0 Å². The van der Waals surface area contributed by atoms with E-state index in [4.69, 9.17) is 11.6 Å². The zero-order valence-corrected chi connectivity index (χ0v) is 9.64. The van der Waals surface area contributed by atoms with E-state index in [0.717, 1.165) is 12.1 Å². The highest BCUT2D eigenvalue weighted by atomic mass is 35.5. The van der Waals surface area contributed by atoms with E-state index in [1.54, 1.807) is 0 Å². The lowest BCUT2D eigenvalue weighted by atomic mass is 10.1. The van der Waals surface area contributed by atoms with Gasteiger partial charge in [0.05, 0.1) is 10.6 Å². The predicted molar refractivity (Wildman–Crippen MR) is 62.5 cm³/mol. The summed E-state index contributed by atoms with van der Waals surface area (Å²) in [6.45, 7) is 0. The number of nitrogens with one attached hydrogen (secondary N) is 1. The highest BCUT2D eigenvalue weighted by Gasteiger charge is 2.30. The van der Waals surface area contributed by atoms with Crippen molar-refractivity contribution in [2.75, 3.05) is 0 Å². The smallest absolute Gasteiger partial charge is 0.327 e. The molecular weight excluding hydrogens is 267 g/mol. The predicted octanol–water partition coefficient (Wildman–Crippen LogP) is 3.71. The van der Waals surface area contributed by atoms with E-state index in [0.29, 0.717) is 10.6 Å². The Hall–Kier alpha value is -1.75. The minimum atomic E-state index is -4.39. The Labute approximate surface area is 105 Å². The van der Waals surface area contributed by atoms with Crippen LogP contribution in [0.3, 0.4) is 0 Å². The van der Waals surface area contributed by atoms with Crippen molar-refractivity contribution < 1.29 is 13.2 Å². The van der Waals surface area contributed by atoms with Gasteiger partial charge in [-0.05, 0) is 23.8 Å². The van der Waals surface area contributed by atoms with Crippen LogP contribution in [0.5, 0.6) is 0 Å². The molecule has 0 spiro atoms. The summed E-state index contributed by atoms with van der Waals surface area (Å²) in [5.41, 5.74) is -0.549. The van der Waals surface area contributed by atoms with Gasteiger partial charge in [-0.3, -0.25) is 4.79 Å². The van der Waals surface area contributed by atoms with Gasteiger partial charge in [0.15, 0.2) is 0 Å². The van der Waals surface area contributed by atoms with E-state index in [2.05, 4.69) is 4.98 Å². The van der Waals surface area contributed by atoms with Crippen LogP contribution in [0.4, 0.5) is 13.2 Å². The first-order valence-electron chi connectivity index (χ1n) is 4.94. The van der Waals surface area contributed by atoms with Crippen molar-refractivity contribution in [2.24, 2.45) is 0 Å². The molecule has 0 bridgehead atoms. The van der Waals surface area contributed by atoms with E-state index >= 15 is 0 Å². The minimum Gasteiger partial charge on any atom is -0.327 e. The van der Waals surface area contributed by atoms with E-state index in [1.807, 2.05) is 0 Å². The number of pyridine rings is 1. The highest BCUT2D eigenvalue weighted by Crippen LogP contribution is 2.30. The Balaban J connectivity index is 2.47. The average molecular weight is 274 g/mol. The van der Waals surface area contributed by atoms with Gasteiger partial charge in [-0.15, -0.1) is 0 Å². The van der Waals surface area contributed by atoms with Gasteiger partial charge < -0.3 is 4.98 Å². The van der Waals surface area contributed by atoms with Crippen molar-refractivity contribution in [3.8, 4) is 11.1 Å². The summed E-state index contributed by atoms with van der Waals surface area (Å²) in [5.74, 6) is 0. The van der Waals surface area contributed by atoms with E-state index in [9.17, 15) is 18.0 Å². The van der Waals surface area contributed by atoms with Gasteiger partial charge in [0.1, 0.15) is 0 Å². The summed E-state index contributed by atoms with van der Waals surface area (Å²) in [6.07, 6.45) is -3.07. The van der Waals surface area contributed by atoms with Gasteiger partial charge in [0.25, 0.3) is 5.56 Å². The number of alkyl halides is 3. The number of hydrogen-bond donors (Lipinski definition) is 1. The average Bonchev–Trinajstić information content (AvgIpc) is 2.31. The number of aromatic amines is 1. The van der Waals surface area contributed by atoms with Gasteiger partial charge in [-0.2, -0.15) is 13.2 Å². The molecule has 6 heteroatoms. The molecule has 0 fully saturated rings. The first kappa shape index (κ1) is 12.7. The van der Waals surface area contributed by atoms with Crippen molar-refractivity contribution in [3.05, 3.63) is 57.5 Å². The Morgan fingerprint density at radius 2 is 1.72 bits per heavy atom. The SMILES string of the molecule is O=c1[nH]cc(Cl)cc1-c1ccc(C(F)(F)F)cc1. The molecule has 1 heterocycles. The lowest BCUT2D eigenvalue weighted by Gasteiger charge is -2.07. The zero-order chi connectivity index (χ0) is 13.3. The molecule has 2 rings (SSSR count). The molecule has 0 saturated carbocycles. The Morgan fingerprint density at radius 1 is 1.11 bits per heavy atom. The zero-order valence-electron chi connectivity index (χ0n) is 8.88. The van der Waals surface area contributed by atoms with Crippen LogP contribution in [-0.2, 0) is 6.18 Å². The molecule has 0 amide bonds. The number of hydrogen-bond acceptors (Lipinski definition) is 1. The Kier molecular flexibility index (Phi) is 3.17. The van der Waals surface area contributed by atoms with Gasteiger partial charge in [-0.25, -0.2) is 0 Å². The summed E-state index contributed by atoms with van der Waals surface area (Å²) >= 11 is 5.72. The van der Waals surface area contributed by atoms with Crippen LogP contribution in [0.1, 0.15) is 5.56 Å². The number of benzene rings is 1. The largest absolute Gasteiger partial charge is 0.416 e. The molecule has 1 N–H and O–H groups in total. The summed E-state index contributed by atoms with van der Waals surface area (Å²) in [4.78, 5) is 13.9. The van der Waals surface area contributed by atoms with Gasteiger partial charge in [0, 0.05) is 11.8 Å². The van der Waals surface area contributed by atoms with Crippen molar-refractivity contribution in [1.29, 1.82) is 0 Å². The van der Waals surface area contributed by atoms with Crippen molar-refractivity contribution in [2.45, 2.75) is 6.18 Å². The van der Waals surface area contributed by atoms with Crippen molar-refractivity contribution in [1.82, 2.24) is 4.98 Å². The third-order valence-corrected chi connectivity index (χ3v) is 2.61. The van der Waals surface area contributed by atoms with Crippen LogP contribution >= 0.6 is 11.6 Å². The third kappa shape index (κ3) is 2.56. The quantitative estimate of drug-likeness (QED) is 0.844. The molecule has 0 unspecified atom stereocenters. The van der Waals surface area contributed by atoms with E-state index in [1.165, 1.54) is 24.4 Å².